The third-order valence-electron chi connectivity index (χ3n) is 6.28. The smallest absolute Gasteiger partial charge is 0.264 e. The molecule has 38 heavy (non-hydrogen) atoms. The number of benzene rings is 3. The van der Waals surface area contributed by atoms with Crippen LogP contribution < -0.4 is 9.62 Å². The summed E-state index contributed by atoms with van der Waals surface area (Å²) in [5, 5.41) is 2.86. The number of rotatable bonds is 11. The summed E-state index contributed by atoms with van der Waals surface area (Å²) in [6.07, 6.45) is 0.803. The van der Waals surface area contributed by atoms with Gasteiger partial charge in [-0.15, -0.1) is 0 Å². The van der Waals surface area contributed by atoms with Gasteiger partial charge in [-0.2, -0.15) is 0 Å². The molecule has 0 saturated carbocycles. The van der Waals surface area contributed by atoms with E-state index in [1.54, 1.807) is 37.3 Å². The molecule has 8 heteroatoms. The van der Waals surface area contributed by atoms with E-state index in [1.165, 1.54) is 17.0 Å². The van der Waals surface area contributed by atoms with Crippen molar-refractivity contribution in [1.82, 2.24) is 10.2 Å². The topological polar surface area (TPSA) is 86.8 Å². The Morgan fingerprint density at radius 2 is 1.53 bits per heavy atom. The van der Waals surface area contributed by atoms with Crippen LogP contribution in [-0.4, -0.2) is 43.8 Å². The number of carbonyl (C=O) groups excluding carboxylic acids is 2. The van der Waals surface area contributed by atoms with Crippen molar-refractivity contribution < 1.29 is 18.0 Å². The van der Waals surface area contributed by atoms with E-state index in [1.807, 2.05) is 64.1 Å². The van der Waals surface area contributed by atoms with Crippen LogP contribution in [0.5, 0.6) is 0 Å². The molecule has 1 N–H and O–H groups in total. The van der Waals surface area contributed by atoms with Gasteiger partial charge < -0.3 is 10.2 Å². The van der Waals surface area contributed by atoms with Crippen LogP contribution in [0.1, 0.15) is 44.4 Å². The van der Waals surface area contributed by atoms with E-state index < -0.39 is 28.5 Å². The first-order chi connectivity index (χ1) is 18.0. The van der Waals surface area contributed by atoms with E-state index in [0.717, 1.165) is 27.4 Å². The van der Waals surface area contributed by atoms with E-state index in [9.17, 15) is 18.0 Å². The highest BCUT2D eigenvalue weighted by atomic mass is 32.2. The average molecular weight is 536 g/mol. The molecule has 3 aromatic rings. The standard InChI is InChI=1S/C30H37N3O4S/c1-6-25-15-17-27(18-16-25)33(38(36,37)28-13-8-7-9-14-28)21-29(34)32(24(5)30(35)31-22(2)3)20-26-12-10-11-23(4)19-26/h7-19,22,24H,6,20-21H2,1-5H3,(H,31,35). The number of nitrogens with one attached hydrogen (secondary N) is 1. The molecule has 202 valence electrons. The molecule has 0 radical (unpaired) electrons. The summed E-state index contributed by atoms with van der Waals surface area (Å²) in [4.78, 5) is 28.4. The minimum Gasteiger partial charge on any atom is -0.352 e. The molecule has 0 aromatic heterocycles. The van der Waals surface area contributed by atoms with Gasteiger partial charge in [0, 0.05) is 12.6 Å². The van der Waals surface area contributed by atoms with Gasteiger partial charge in [0.2, 0.25) is 11.8 Å². The molecule has 2 amide bonds. The van der Waals surface area contributed by atoms with Gasteiger partial charge in [0.05, 0.1) is 10.6 Å². The maximum atomic E-state index is 13.9. The molecule has 3 rings (SSSR count). The molecule has 0 spiro atoms. The Bertz CT molecular complexity index is 1340. The summed E-state index contributed by atoms with van der Waals surface area (Å²) in [5.41, 5.74) is 3.32. The molecule has 0 bridgehead atoms. The average Bonchev–Trinajstić information content (AvgIpc) is 2.90. The lowest BCUT2D eigenvalue weighted by molar-refractivity contribution is -0.139. The fourth-order valence-corrected chi connectivity index (χ4v) is 5.58. The Morgan fingerprint density at radius 1 is 0.868 bits per heavy atom. The Balaban J connectivity index is 2.02. The van der Waals surface area contributed by atoms with E-state index in [2.05, 4.69) is 5.32 Å². The minimum atomic E-state index is -4.06. The number of anilines is 1. The van der Waals surface area contributed by atoms with Crippen LogP contribution in [0.25, 0.3) is 0 Å². The second-order valence-electron chi connectivity index (χ2n) is 9.69. The van der Waals surface area contributed by atoms with Crippen molar-refractivity contribution in [1.29, 1.82) is 0 Å². The fourth-order valence-electron chi connectivity index (χ4n) is 4.14. The number of sulfonamides is 1. The molecule has 3 aromatic carbocycles. The minimum absolute atomic E-state index is 0.0863. The number of hydrogen-bond acceptors (Lipinski definition) is 4. The first-order valence-electron chi connectivity index (χ1n) is 12.8. The highest BCUT2D eigenvalue weighted by molar-refractivity contribution is 7.92. The summed E-state index contributed by atoms with van der Waals surface area (Å²) in [6, 6.07) is 22.0. The van der Waals surface area contributed by atoms with Crippen molar-refractivity contribution in [2.24, 2.45) is 0 Å². The zero-order valence-corrected chi connectivity index (χ0v) is 23.5. The first-order valence-corrected chi connectivity index (χ1v) is 14.3. The maximum absolute atomic E-state index is 13.9. The van der Waals surface area contributed by atoms with Crippen LogP contribution in [0.15, 0.2) is 83.8 Å². The largest absolute Gasteiger partial charge is 0.352 e. The lowest BCUT2D eigenvalue weighted by atomic mass is 10.1. The highest BCUT2D eigenvalue weighted by Gasteiger charge is 2.32. The zero-order chi connectivity index (χ0) is 27.9. The van der Waals surface area contributed by atoms with Gasteiger partial charge in [-0.3, -0.25) is 13.9 Å². The molecule has 0 heterocycles. The van der Waals surface area contributed by atoms with Crippen molar-refractivity contribution in [3.8, 4) is 0 Å². The molecule has 0 aliphatic carbocycles. The van der Waals surface area contributed by atoms with E-state index >= 15 is 0 Å². The lowest BCUT2D eigenvalue weighted by Gasteiger charge is -2.32. The SMILES string of the molecule is CCc1ccc(N(CC(=O)N(Cc2cccc(C)c2)C(C)C(=O)NC(C)C)S(=O)(=O)c2ccccc2)cc1. The predicted octanol–water partition coefficient (Wildman–Crippen LogP) is 4.69. The van der Waals surface area contributed by atoms with Gasteiger partial charge in [-0.1, -0.05) is 67.1 Å². The van der Waals surface area contributed by atoms with Crippen LogP contribution in [0, 0.1) is 6.92 Å². The van der Waals surface area contributed by atoms with Crippen LogP contribution in [0.4, 0.5) is 5.69 Å². The fraction of sp³-hybridized carbons (Fsp3) is 0.333. The lowest BCUT2D eigenvalue weighted by Crippen LogP contribution is -2.52. The number of nitrogens with zero attached hydrogens (tertiary/aromatic N) is 2. The van der Waals surface area contributed by atoms with Crippen LogP contribution in [0.2, 0.25) is 0 Å². The van der Waals surface area contributed by atoms with Crippen LogP contribution >= 0.6 is 0 Å². The monoisotopic (exact) mass is 535 g/mol. The van der Waals surface area contributed by atoms with Crippen LogP contribution in [0.3, 0.4) is 0 Å². The molecule has 0 aliphatic rings. The van der Waals surface area contributed by atoms with Gasteiger partial charge >= 0.3 is 0 Å². The number of hydrogen-bond donors (Lipinski definition) is 1. The van der Waals surface area contributed by atoms with E-state index in [4.69, 9.17) is 0 Å². The molecule has 1 atom stereocenters. The van der Waals surface area contributed by atoms with Gasteiger partial charge in [0.15, 0.2) is 0 Å². The summed E-state index contributed by atoms with van der Waals surface area (Å²) in [7, 11) is -4.06. The maximum Gasteiger partial charge on any atom is 0.264 e. The normalized spacial score (nSPS) is 12.2. The zero-order valence-electron chi connectivity index (χ0n) is 22.7. The van der Waals surface area contributed by atoms with Crippen molar-refractivity contribution in [3.05, 3.63) is 95.6 Å². The molecule has 0 fully saturated rings. The van der Waals surface area contributed by atoms with Crippen molar-refractivity contribution in [2.45, 2.75) is 64.6 Å². The molecule has 7 nitrogen and oxygen atoms in total. The summed E-state index contributed by atoms with van der Waals surface area (Å²) < 4.78 is 28.7. The summed E-state index contributed by atoms with van der Waals surface area (Å²) in [6.45, 7) is 9.06. The third kappa shape index (κ3) is 7.22. The van der Waals surface area contributed by atoms with Crippen LogP contribution in [-0.2, 0) is 32.6 Å². The van der Waals surface area contributed by atoms with Crippen molar-refractivity contribution in [2.75, 3.05) is 10.8 Å². The Labute approximate surface area is 226 Å². The molecule has 0 aliphatic heterocycles. The summed E-state index contributed by atoms with van der Waals surface area (Å²) in [5.74, 6) is -0.775. The number of aryl methyl sites for hydroxylation is 2. The number of amides is 2. The Hall–Kier alpha value is -3.65. The number of carbonyl (C=O) groups is 2. The second kappa shape index (κ2) is 12.7. The quantitative estimate of drug-likeness (QED) is 0.386. The highest BCUT2D eigenvalue weighted by Crippen LogP contribution is 2.25. The molecule has 0 saturated heterocycles. The predicted molar refractivity (Wildman–Crippen MR) is 151 cm³/mol. The Kier molecular flexibility index (Phi) is 9.69. The van der Waals surface area contributed by atoms with E-state index in [-0.39, 0.29) is 23.4 Å². The van der Waals surface area contributed by atoms with E-state index in [0.29, 0.717) is 5.69 Å². The summed E-state index contributed by atoms with van der Waals surface area (Å²) >= 11 is 0. The van der Waals surface area contributed by atoms with Crippen molar-refractivity contribution in [3.63, 3.8) is 0 Å². The van der Waals surface area contributed by atoms with Gasteiger partial charge in [-0.25, -0.2) is 8.42 Å². The molecule has 1 unspecified atom stereocenters. The first kappa shape index (κ1) is 28.9. The molecular weight excluding hydrogens is 498 g/mol. The van der Waals surface area contributed by atoms with Gasteiger partial charge in [0.1, 0.15) is 12.6 Å². The van der Waals surface area contributed by atoms with Crippen molar-refractivity contribution >= 4 is 27.5 Å². The molecular formula is C30H37N3O4S. The van der Waals surface area contributed by atoms with Gasteiger partial charge in [-0.05, 0) is 69.5 Å². The Morgan fingerprint density at radius 3 is 2.11 bits per heavy atom. The second-order valence-corrected chi connectivity index (χ2v) is 11.6. The third-order valence-corrected chi connectivity index (χ3v) is 8.06. The van der Waals surface area contributed by atoms with Gasteiger partial charge in [0.25, 0.3) is 10.0 Å².